The highest BCUT2D eigenvalue weighted by Gasteiger charge is 2.42. The molecule has 0 aliphatic carbocycles. The molecule has 0 atom stereocenters. The zero-order valence-corrected chi connectivity index (χ0v) is 19.0. The van der Waals surface area contributed by atoms with Gasteiger partial charge in [0.2, 0.25) is 11.8 Å². The lowest BCUT2D eigenvalue weighted by atomic mass is 10.1. The fourth-order valence-electron chi connectivity index (χ4n) is 3.21. The molecule has 35 heavy (non-hydrogen) atoms. The number of amides is 3. The van der Waals surface area contributed by atoms with Crippen LogP contribution in [0.15, 0.2) is 24.5 Å². The SMILES string of the molecule is CC(=O)NCCNC(=O)c1nccc2c1CN(Cc1cnc(OCC(F)(F)C(F)F)c(Cl)c1)C2=O. The summed E-state index contributed by atoms with van der Waals surface area (Å²) in [5.41, 5.74) is 1.20. The number of rotatable bonds is 10. The van der Waals surface area contributed by atoms with E-state index in [1.54, 1.807) is 0 Å². The number of hydrogen-bond donors (Lipinski definition) is 2. The third-order valence-corrected chi connectivity index (χ3v) is 5.15. The Balaban J connectivity index is 1.66. The second-order valence-electron chi connectivity index (χ2n) is 7.57. The van der Waals surface area contributed by atoms with Crippen molar-refractivity contribution in [1.29, 1.82) is 0 Å². The second-order valence-corrected chi connectivity index (χ2v) is 7.97. The standard InChI is InChI=1S/C21H20ClF4N5O4/c1-11(32)27-4-5-29-17(33)16-14-9-31(19(34)13(14)2-3-28-16)8-12-6-15(22)18(30-7-12)35-10-21(25,26)20(23)24/h2-3,6-7,20H,4-5,8-10H2,1H3,(H,27,32)(H,29,33). The first-order chi connectivity index (χ1) is 16.5. The molecule has 2 aromatic heterocycles. The van der Waals surface area contributed by atoms with Gasteiger partial charge < -0.3 is 20.3 Å². The fraction of sp³-hybridized carbons (Fsp3) is 0.381. The number of carbonyl (C=O) groups is 3. The van der Waals surface area contributed by atoms with E-state index in [1.807, 2.05) is 0 Å². The van der Waals surface area contributed by atoms with Crippen LogP contribution in [0.4, 0.5) is 17.6 Å². The Hall–Kier alpha value is -3.48. The van der Waals surface area contributed by atoms with Crippen molar-refractivity contribution < 1.29 is 36.7 Å². The molecule has 0 saturated heterocycles. The van der Waals surface area contributed by atoms with Crippen molar-refractivity contribution in [2.45, 2.75) is 32.4 Å². The van der Waals surface area contributed by atoms with Crippen LogP contribution in [0.5, 0.6) is 5.88 Å². The van der Waals surface area contributed by atoms with Crippen LogP contribution in [-0.4, -0.2) is 64.6 Å². The molecule has 1 aliphatic heterocycles. The normalized spacial score (nSPS) is 13.1. The zero-order chi connectivity index (χ0) is 25.8. The zero-order valence-electron chi connectivity index (χ0n) is 18.3. The molecule has 3 rings (SSSR count). The second kappa shape index (κ2) is 10.8. The first kappa shape index (κ1) is 26.1. The van der Waals surface area contributed by atoms with Gasteiger partial charge >= 0.3 is 12.3 Å². The van der Waals surface area contributed by atoms with E-state index in [1.165, 1.54) is 36.4 Å². The van der Waals surface area contributed by atoms with Crippen LogP contribution >= 0.6 is 11.6 Å². The van der Waals surface area contributed by atoms with Crippen molar-refractivity contribution in [1.82, 2.24) is 25.5 Å². The molecular weight excluding hydrogens is 498 g/mol. The third-order valence-electron chi connectivity index (χ3n) is 4.88. The molecule has 0 aromatic carbocycles. The minimum absolute atomic E-state index is 0.0112. The number of pyridine rings is 2. The highest BCUT2D eigenvalue weighted by Crippen LogP contribution is 2.30. The predicted octanol–water partition coefficient (Wildman–Crippen LogP) is 2.43. The Labute approximate surface area is 201 Å². The Kier molecular flexibility index (Phi) is 8.10. The lowest BCUT2D eigenvalue weighted by Gasteiger charge is -2.18. The average Bonchev–Trinajstić information content (AvgIpc) is 3.11. The summed E-state index contributed by atoms with van der Waals surface area (Å²) in [6.07, 6.45) is -1.35. The lowest BCUT2D eigenvalue weighted by Crippen LogP contribution is -2.34. The Morgan fingerprint density at radius 3 is 2.63 bits per heavy atom. The molecule has 2 N–H and O–H groups in total. The molecule has 0 spiro atoms. The molecule has 2 aromatic rings. The van der Waals surface area contributed by atoms with Gasteiger partial charge in [0.25, 0.3) is 11.8 Å². The summed E-state index contributed by atoms with van der Waals surface area (Å²) in [5, 5.41) is 4.96. The van der Waals surface area contributed by atoms with Gasteiger partial charge in [0, 0.05) is 56.6 Å². The summed E-state index contributed by atoms with van der Waals surface area (Å²) in [6.45, 7) is 0.226. The summed E-state index contributed by atoms with van der Waals surface area (Å²) in [4.78, 5) is 45.5. The molecule has 1 aliphatic rings. The van der Waals surface area contributed by atoms with Crippen LogP contribution < -0.4 is 15.4 Å². The maximum absolute atomic E-state index is 13.1. The van der Waals surface area contributed by atoms with E-state index in [0.29, 0.717) is 16.7 Å². The molecule has 3 heterocycles. The molecule has 14 heteroatoms. The molecule has 0 radical (unpaired) electrons. The third kappa shape index (κ3) is 6.35. The quantitative estimate of drug-likeness (QED) is 0.370. The number of fused-ring (bicyclic) bond motifs is 1. The van der Waals surface area contributed by atoms with Crippen LogP contribution in [0.3, 0.4) is 0 Å². The lowest BCUT2D eigenvalue weighted by molar-refractivity contribution is -0.148. The van der Waals surface area contributed by atoms with Crippen LogP contribution in [0.2, 0.25) is 5.02 Å². The number of alkyl halides is 4. The van der Waals surface area contributed by atoms with E-state index in [-0.39, 0.29) is 48.7 Å². The van der Waals surface area contributed by atoms with Crippen molar-refractivity contribution in [3.8, 4) is 5.88 Å². The number of carbonyl (C=O) groups excluding carboxylic acids is 3. The van der Waals surface area contributed by atoms with Gasteiger partial charge in [-0.15, -0.1) is 0 Å². The van der Waals surface area contributed by atoms with E-state index in [0.717, 1.165) is 0 Å². The van der Waals surface area contributed by atoms with Gasteiger partial charge in [-0.05, 0) is 17.7 Å². The van der Waals surface area contributed by atoms with Gasteiger partial charge in [-0.3, -0.25) is 19.4 Å². The average molecular weight is 518 g/mol. The summed E-state index contributed by atoms with van der Waals surface area (Å²) in [5.74, 6) is -5.93. The minimum Gasteiger partial charge on any atom is -0.470 e. The first-order valence-electron chi connectivity index (χ1n) is 10.2. The van der Waals surface area contributed by atoms with Crippen LogP contribution in [-0.2, 0) is 17.9 Å². The number of nitrogens with one attached hydrogen (secondary N) is 2. The summed E-state index contributed by atoms with van der Waals surface area (Å²) in [7, 11) is 0. The summed E-state index contributed by atoms with van der Waals surface area (Å²) < 4.78 is 55.3. The van der Waals surface area contributed by atoms with Crippen molar-refractivity contribution in [2.24, 2.45) is 0 Å². The van der Waals surface area contributed by atoms with Crippen molar-refractivity contribution in [3.05, 3.63) is 51.9 Å². The van der Waals surface area contributed by atoms with Crippen LogP contribution in [0, 0.1) is 0 Å². The highest BCUT2D eigenvalue weighted by molar-refractivity contribution is 6.31. The van der Waals surface area contributed by atoms with Gasteiger partial charge in [-0.25, -0.2) is 13.8 Å². The van der Waals surface area contributed by atoms with Crippen molar-refractivity contribution in [3.63, 3.8) is 0 Å². The molecule has 0 unspecified atom stereocenters. The summed E-state index contributed by atoms with van der Waals surface area (Å²) >= 11 is 5.98. The monoisotopic (exact) mass is 517 g/mol. The van der Waals surface area contributed by atoms with Crippen LogP contribution in [0.25, 0.3) is 0 Å². The molecule has 188 valence electrons. The number of nitrogens with zero attached hydrogens (tertiary/aromatic N) is 3. The number of hydrogen-bond acceptors (Lipinski definition) is 6. The molecule has 0 fully saturated rings. The molecule has 0 saturated carbocycles. The molecule has 9 nitrogen and oxygen atoms in total. The van der Waals surface area contributed by atoms with E-state index in [4.69, 9.17) is 11.6 Å². The first-order valence-corrected chi connectivity index (χ1v) is 10.6. The number of aromatic nitrogens is 2. The summed E-state index contributed by atoms with van der Waals surface area (Å²) in [6, 6.07) is 2.80. The van der Waals surface area contributed by atoms with Crippen molar-refractivity contribution >= 4 is 29.3 Å². The van der Waals surface area contributed by atoms with Crippen LogP contribution in [0.1, 0.15) is 38.9 Å². The van der Waals surface area contributed by atoms with Gasteiger partial charge in [0.05, 0.1) is 0 Å². The Bertz CT molecular complexity index is 1130. The van der Waals surface area contributed by atoms with E-state index in [2.05, 4.69) is 25.3 Å². The maximum atomic E-state index is 13.1. The largest absolute Gasteiger partial charge is 0.470 e. The van der Waals surface area contributed by atoms with Gasteiger partial charge in [0.15, 0.2) is 6.61 Å². The van der Waals surface area contributed by atoms with Crippen molar-refractivity contribution in [2.75, 3.05) is 19.7 Å². The molecule has 0 bridgehead atoms. The van der Waals surface area contributed by atoms with Gasteiger partial charge in [-0.1, -0.05) is 11.6 Å². The Morgan fingerprint density at radius 2 is 1.97 bits per heavy atom. The van der Waals surface area contributed by atoms with E-state index in [9.17, 15) is 31.9 Å². The Morgan fingerprint density at radius 1 is 1.26 bits per heavy atom. The van der Waals surface area contributed by atoms with Gasteiger partial charge in [-0.2, -0.15) is 8.78 Å². The molecular formula is C21H20ClF4N5O4. The maximum Gasteiger partial charge on any atom is 0.340 e. The highest BCUT2D eigenvalue weighted by atomic mass is 35.5. The predicted molar refractivity (Wildman–Crippen MR) is 115 cm³/mol. The van der Waals surface area contributed by atoms with E-state index >= 15 is 0 Å². The number of halogens is 5. The fourth-order valence-corrected chi connectivity index (χ4v) is 3.46. The van der Waals surface area contributed by atoms with E-state index < -0.39 is 30.7 Å². The topological polar surface area (TPSA) is 114 Å². The smallest absolute Gasteiger partial charge is 0.340 e. The molecule has 3 amide bonds. The number of ether oxygens (including phenoxy) is 1. The minimum atomic E-state index is -4.36. The van der Waals surface area contributed by atoms with Gasteiger partial charge in [0.1, 0.15) is 10.7 Å².